The Balaban J connectivity index is 3.34. The fourth-order valence-corrected chi connectivity index (χ4v) is 1.83. The number of carbonyl (C=O) groups excluding carboxylic acids is 1. The molecule has 0 aliphatic heterocycles. The summed E-state index contributed by atoms with van der Waals surface area (Å²) in [4.78, 5) is 12.1. The van der Waals surface area contributed by atoms with Gasteiger partial charge in [-0.1, -0.05) is 6.92 Å². The van der Waals surface area contributed by atoms with Crippen LogP contribution in [0.3, 0.4) is 0 Å². The Labute approximate surface area is 121 Å². The highest BCUT2D eigenvalue weighted by Gasteiger charge is 2.29. The lowest BCUT2D eigenvalue weighted by atomic mass is 10.0. The largest absolute Gasteiger partial charge is 0.491 e. The zero-order valence-corrected chi connectivity index (χ0v) is 12.4. The van der Waals surface area contributed by atoms with Crippen LogP contribution in [0.5, 0.6) is 5.75 Å². The van der Waals surface area contributed by atoms with Crippen LogP contribution >= 0.6 is 0 Å². The van der Waals surface area contributed by atoms with Gasteiger partial charge in [0.05, 0.1) is 12.7 Å². The van der Waals surface area contributed by atoms with Crippen molar-refractivity contribution < 1.29 is 22.7 Å². The number of nitrogens with one attached hydrogen (secondary N) is 1. The van der Waals surface area contributed by atoms with Crippen LogP contribution in [0.15, 0.2) is 0 Å². The first kappa shape index (κ1) is 17.3. The molecule has 0 heterocycles. The standard InChI is InChI=1S/C14H19F3N2O2/c1-5-7-8(13(20)19-6-14(2,3)18)10(16)12(21-4)11(17)9(7)15/h5-6,18H2,1-4H3,(H,19,20). The van der Waals surface area contributed by atoms with Gasteiger partial charge in [0.1, 0.15) is 0 Å². The second-order valence-corrected chi connectivity index (χ2v) is 5.35. The maximum absolute atomic E-state index is 14.2. The minimum absolute atomic E-state index is 0.0432. The summed E-state index contributed by atoms with van der Waals surface area (Å²) >= 11 is 0. The average molecular weight is 304 g/mol. The SMILES string of the molecule is CCc1c(F)c(F)c(OC)c(F)c1C(=O)NCC(C)(C)N. The van der Waals surface area contributed by atoms with Crippen LogP contribution in [0, 0.1) is 17.5 Å². The minimum Gasteiger partial charge on any atom is -0.491 e. The summed E-state index contributed by atoms with van der Waals surface area (Å²) in [6, 6.07) is 0. The summed E-state index contributed by atoms with van der Waals surface area (Å²) in [6.07, 6.45) is -0.0432. The molecular weight excluding hydrogens is 285 g/mol. The summed E-state index contributed by atoms with van der Waals surface area (Å²) < 4.78 is 46.2. The number of hydrogen-bond acceptors (Lipinski definition) is 3. The van der Waals surface area contributed by atoms with Crippen molar-refractivity contribution in [1.29, 1.82) is 0 Å². The highest BCUT2D eigenvalue weighted by Crippen LogP contribution is 2.31. The summed E-state index contributed by atoms with van der Waals surface area (Å²) in [5, 5.41) is 2.40. The number of benzene rings is 1. The lowest BCUT2D eigenvalue weighted by molar-refractivity contribution is 0.0939. The van der Waals surface area contributed by atoms with E-state index in [0.29, 0.717) is 0 Å². The third-order valence-electron chi connectivity index (χ3n) is 2.87. The molecule has 0 fully saturated rings. The van der Waals surface area contributed by atoms with Gasteiger partial charge in [-0.15, -0.1) is 0 Å². The van der Waals surface area contributed by atoms with Gasteiger partial charge in [0, 0.05) is 17.6 Å². The zero-order valence-electron chi connectivity index (χ0n) is 12.4. The molecule has 0 aliphatic rings. The van der Waals surface area contributed by atoms with Crippen molar-refractivity contribution in [2.75, 3.05) is 13.7 Å². The predicted molar refractivity (Wildman–Crippen MR) is 72.8 cm³/mol. The van der Waals surface area contributed by atoms with Gasteiger partial charge in [-0.25, -0.2) is 8.78 Å². The summed E-state index contributed by atoms with van der Waals surface area (Å²) in [7, 11) is 0.997. The Morgan fingerprint density at radius 1 is 1.24 bits per heavy atom. The molecule has 0 aliphatic carbocycles. The van der Waals surface area contributed by atoms with E-state index < -0.39 is 40.2 Å². The molecule has 3 N–H and O–H groups in total. The third-order valence-corrected chi connectivity index (χ3v) is 2.87. The molecule has 0 bridgehead atoms. The lowest BCUT2D eigenvalue weighted by Gasteiger charge is -2.20. The average Bonchev–Trinajstić information content (AvgIpc) is 2.39. The molecule has 0 unspecified atom stereocenters. The number of ether oxygens (including phenoxy) is 1. The van der Waals surface area contributed by atoms with E-state index in [2.05, 4.69) is 10.1 Å². The van der Waals surface area contributed by atoms with Crippen LogP contribution < -0.4 is 15.8 Å². The summed E-state index contributed by atoms with van der Waals surface area (Å²) in [6.45, 7) is 4.87. The Morgan fingerprint density at radius 3 is 2.24 bits per heavy atom. The number of rotatable bonds is 5. The first-order valence-corrected chi connectivity index (χ1v) is 6.44. The number of amides is 1. The maximum atomic E-state index is 14.2. The molecule has 1 aromatic carbocycles. The van der Waals surface area contributed by atoms with Crippen LogP contribution in [0.4, 0.5) is 13.2 Å². The van der Waals surface area contributed by atoms with Gasteiger partial charge in [-0.2, -0.15) is 4.39 Å². The quantitative estimate of drug-likeness (QED) is 0.819. The minimum atomic E-state index is -1.44. The van der Waals surface area contributed by atoms with Crippen molar-refractivity contribution in [3.05, 3.63) is 28.6 Å². The smallest absolute Gasteiger partial charge is 0.254 e. The van der Waals surface area contributed by atoms with Gasteiger partial charge in [-0.3, -0.25) is 4.79 Å². The highest BCUT2D eigenvalue weighted by molar-refractivity contribution is 5.96. The highest BCUT2D eigenvalue weighted by atomic mass is 19.2. The van der Waals surface area contributed by atoms with Gasteiger partial charge in [0.15, 0.2) is 17.4 Å². The van der Waals surface area contributed by atoms with Gasteiger partial charge in [0.2, 0.25) is 5.82 Å². The Bertz CT molecular complexity index is 554. The van der Waals surface area contributed by atoms with E-state index in [1.54, 1.807) is 13.8 Å². The molecule has 0 saturated carbocycles. The second kappa shape index (κ2) is 6.34. The molecule has 1 rings (SSSR count). The van der Waals surface area contributed by atoms with Crippen molar-refractivity contribution in [3.8, 4) is 5.75 Å². The van der Waals surface area contributed by atoms with Crippen LogP contribution in [-0.4, -0.2) is 25.1 Å². The number of hydrogen-bond donors (Lipinski definition) is 2. The zero-order chi connectivity index (χ0) is 16.4. The lowest BCUT2D eigenvalue weighted by Crippen LogP contribution is -2.45. The van der Waals surface area contributed by atoms with Crippen molar-refractivity contribution in [2.24, 2.45) is 5.73 Å². The van der Waals surface area contributed by atoms with E-state index in [9.17, 15) is 18.0 Å². The predicted octanol–water partition coefficient (Wildman–Crippen LogP) is 2.14. The summed E-state index contributed by atoms with van der Waals surface area (Å²) in [5.74, 6) is -5.72. The van der Waals surface area contributed by atoms with Crippen LogP contribution in [0.25, 0.3) is 0 Å². The maximum Gasteiger partial charge on any atom is 0.254 e. The van der Waals surface area contributed by atoms with Crippen molar-refractivity contribution in [2.45, 2.75) is 32.7 Å². The molecule has 0 spiro atoms. The fourth-order valence-electron chi connectivity index (χ4n) is 1.83. The first-order chi connectivity index (χ1) is 9.64. The van der Waals surface area contributed by atoms with E-state index in [4.69, 9.17) is 5.73 Å². The molecule has 7 heteroatoms. The van der Waals surface area contributed by atoms with Gasteiger partial charge in [0.25, 0.3) is 5.91 Å². The Kier molecular flexibility index (Phi) is 5.22. The second-order valence-electron chi connectivity index (χ2n) is 5.35. The molecule has 118 valence electrons. The molecule has 1 aromatic rings. The molecule has 0 aromatic heterocycles. The van der Waals surface area contributed by atoms with Crippen molar-refractivity contribution in [3.63, 3.8) is 0 Å². The van der Waals surface area contributed by atoms with E-state index in [0.717, 1.165) is 7.11 Å². The van der Waals surface area contributed by atoms with Gasteiger partial charge < -0.3 is 15.8 Å². The monoisotopic (exact) mass is 304 g/mol. The molecule has 21 heavy (non-hydrogen) atoms. The molecule has 1 amide bonds. The topological polar surface area (TPSA) is 64.3 Å². The van der Waals surface area contributed by atoms with E-state index >= 15 is 0 Å². The number of carbonyl (C=O) groups is 1. The van der Waals surface area contributed by atoms with Crippen molar-refractivity contribution in [1.82, 2.24) is 5.32 Å². The van der Waals surface area contributed by atoms with Crippen LogP contribution in [0.2, 0.25) is 0 Å². The van der Waals surface area contributed by atoms with Crippen LogP contribution in [0.1, 0.15) is 36.7 Å². The number of methoxy groups -OCH3 is 1. The van der Waals surface area contributed by atoms with E-state index in [1.807, 2.05) is 0 Å². The first-order valence-electron chi connectivity index (χ1n) is 6.44. The molecular formula is C14H19F3N2O2. The van der Waals surface area contributed by atoms with Crippen molar-refractivity contribution >= 4 is 5.91 Å². The van der Waals surface area contributed by atoms with Gasteiger partial charge in [-0.05, 0) is 20.3 Å². The third kappa shape index (κ3) is 3.66. The Morgan fingerprint density at radius 2 is 1.81 bits per heavy atom. The molecule has 4 nitrogen and oxygen atoms in total. The molecule has 0 atom stereocenters. The number of nitrogens with two attached hydrogens (primary N) is 1. The molecule has 0 radical (unpaired) electrons. The Hall–Kier alpha value is -1.76. The summed E-state index contributed by atoms with van der Waals surface area (Å²) in [5.41, 5.74) is 4.10. The fraction of sp³-hybridized carbons (Fsp3) is 0.500. The number of halogens is 3. The normalized spacial score (nSPS) is 11.4. The van der Waals surface area contributed by atoms with Crippen LogP contribution in [-0.2, 0) is 6.42 Å². The molecule has 0 saturated heterocycles. The van der Waals surface area contributed by atoms with E-state index in [-0.39, 0.29) is 18.5 Å². The van der Waals surface area contributed by atoms with Gasteiger partial charge >= 0.3 is 0 Å². The van der Waals surface area contributed by atoms with E-state index in [1.165, 1.54) is 6.92 Å².